The van der Waals surface area contributed by atoms with E-state index in [1.54, 1.807) is 0 Å². The molecular formula is C15H28O. The van der Waals surface area contributed by atoms with E-state index in [4.69, 9.17) is 0 Å². The second kappa shape index (κ2) is 5.16. The van der Waals surface area contributed by atoms with Crippen LogP contribution in [0.5, 0.6) is 0 Å². The second-order valence-electron chi connectivity index (χ2n) is 6.57. The molecule has 0 saturated carbocycles. The summed E-state index contributed by atoms with van der Waals surface area (Å²) in [5.74, 6) is 0.749. The van der Waals surface area contributed by atoms with Crippen molar-refractivity contribution in [2.75, 3.05) is 0 Å². The topological polar surface area (TPSA) is 17.1 Å². The van der Waals surface area contributed by atoms with Gasteiger partial charge in [-0.3, -0.25) is 4.79 Å². The summed E-state index contributed by atoms with van der Waals surface area (Å²) in [4.78, 5) is 12.5. The van der Waals surface area contributed by atoms with Crippen LogP contribution in [0.2, 0.25) is 0 Å². The number of hydrogen-bond acceptors (Lipinski definition) is 1. The van der Waals surface area contributed by atoms with E-state index in [0.29, 0.717) is 11.7 Å². The normalized spacial score (nSPS) is 12.8. The molecule has 0 unspecified atom stereocenters. The highest BCUT2D eigenvalue weighted by Gasteiger charge is 2.40. The highest BCUT2D eigenvalue weighted by atomic mass is 16.1. The Labute approximate surface area is 101 Å². The van der Waals surface area contributed by atoms with Crippen LogP contribution in [0.4, 0.5) is 0 Å². The third kappa shape index (κ3) is 3.77. The van der Waals surface area contributed by atoms with Gasteiger partial charge in [-0.25, -0.2) is 0 Å². The molecule has 0 N–H and O–H groups in total. The molecule has 0 rings (SSSR count). The fraction of sp³-hybridized carbons (Fsp3) is 0.800. The van der Waals surface area contributed by atoms with E-state index in [0.717, 1.165) is 6.42 Å². The van der Waals surface area contributed by atoms with Crippen molar-refractivity contribution in [3.05, 3.63) is 11.6 Å². The van der Waals surface area contributed by atoms with Gasteiger partial charge in [0.05, 0.1) is 0 Å². The molecule has 0 heterocycles. The van der Waals surface area contributed by atoms with Crippen LogP contribution in [-0.2, 0) is 4.79 Å². The van der Waals surface area contributed by atoms with Crippen molar-refractivity contribution < 1.29 is 4.79 Å². The highest BCUT2D eigenvalue weighted by Crippen LogP contribution is 2.37. The Kier molecular flexibility index (Phi) is 4.97. The molecule has 0 aliphatic carbocycles. The summed E-state index contributed by atoms with van der Waals surface area (Å²) in [6.07, 6.45) is 3.00. The molecular weight excluding hydrogens is 196 g/mol. The minimum Gasteiger partial charge on any atom is -0.298 e. The lowest BCUT2D eigenvalue weighted by molar-refractivity contribution is -0.138. The molecule has 94 valence electrons. The molecule has 0 aromatic carbocycles. The maximum Gasteiger partial charge on any atom is 0.144 e. The van der Waals surface area contributed by atoms with E-state index in [1.165, 1.54) is 5.57 Å². The highest BCUT2D eigenvalue weighted by molar-refractivity contribution is 5.89. The van der Waals surface area contributed by atoms with Gasteiger partial charge in [0.15, 0.2) is 0 Å². The van der Waals surface area contributed by atoms with Gasteiger partial charge in [-0.1, -0.05) is 53.2 Å². The first-order chi connectivity index (χ1) is 7.01. The number of rotatable bonds is 5. The quantitative estimate of drug-likeness (QED) is 0.623. The fourth-order valence-electron chi connectivity index (χ4n) is 1.69. The van der Waals surface area contributed by atoms with E-state index in [-0.39, 0.29) is 10.8 Å². The minimum absolute atomic E-state index is 0.237. The smallest absolute Gasteiger partial charge is 0.144 e. The molecule has 0 bridgehead atoms. The average Bonchev–Trinajstić information content (AvgIpc) is 2.13. The average molecular weight is 224 g/mol. The molecule has 1 heteroatoms. The molecule has 0 spiro atoms. The lowest BCUT2D eigenvalue weighted by Gasteiger charge is -2.35. The van der Waals surface area contributed by atoms with Crippen LogP contribution in [0.1, 0.15) is 61.8 Å². The predicted octanol–water partition coefficient (Wildman–Crippen LogP) is 4.62. The standard InChI is InChI=1S/C15H28O/c1-11(2)9-10-14(5,6)13(16)15(7,8)12(3)4/h9,12H,10H2,1-8H3. The van der Waals surface area contributed by atoms with Crippen molar-refractivity contribution in [1.82, 2.24) is 0 Å². The van der Waals surface area contributed by atoms with Gasteiger partial charge < -0.3 is 0 Å². The number of Topliss-reactive ketones (excluding diaryl/α,β-unsaturated/α-hetero) is 1. The molecule has 0 amide bonds. The van der Waals surface area contributed by atoms with Gasteiger partial charge in [0, 0.05) is 10.8 Å². The largest absolute Gasteiger partial charge is 0.298 e. The first kappa shape index (κ1) is 15.4. The maximum absolute atomic E-state index is 12.5. The zero-order chi connectivity index (χ0) is 13.1. The van der Waals surface area contributed by atoms with Crippen LogP contribution in [0, 0.1) is 16.7 Å². The maximum atomic E-state index is 12.5. The summed E-state index contributed by atoms with van der Waals surface area (Å²) in [5, 5.41) is 0. The summed E-state index contributed by atoms with van der Waals surface area (Å²) >= 11 is 0. The summed E-state index contributed by atoms with van der Waals surface area (Å²) in [6.45, 7) is 16.6. The Bertz CT molecular complexity index is 276. The molecule has 0 aliphatic heterocycles. The zero-order valence-electron chi connectivity index (χ0n) is 12.3. The Morgan fingerprint density at radius 3 is 1.88 bits per heavy atom. The number of hydrogen-bond donors (Lipinski definition) is 0. The molecule has 0 saturated heterocycles. The summed E-state index contributed by atoms with van der Waals surface area (Å²) < 4.78 is 0. The first-order valence-corrected chi connectivity index (χ1v) is 6.20. The fourth-order valence-corrected chi connectivity index (χ4v) is 1.69. The molecule has 1 nitrogen and oxygen atoms in total. The summed E-state index contributed by atoms with van der Waals surface area (Å²) in [5.41, 5.74) is 0.785. The van der Waals surface area contributed by atoms with Crippen LogP contribution in [0.15, 0.2) is 11.6 Å². The SMILES string of the molecule is CC(C)=CCC(C)(C)C(=O)C(C)(C)C(C)C. The Hall–Kier alpha value is -0.590. The monoisotopic (exact) mass is 224 g/mol. The van der Waals surface area contributed by atoms with E-state index < -0.39 is 0 Å². The van der Waals surface area contributed by atoms with Crippen molar-refractivity contribution >= 4 is 5.78 Å². The van der Waals surface area contributed by atoms with Crippen molar-refractivity contribution in [2.45, 2.75) is 61.8 Å². The van der Waals surface area contributed by atoms with Crippen molar-refractivity contribution in [2.24, 2.45) is 16.7 Å². The zero-order valence-corrected chi connectivity index (χ0v) is 12.3. The second-order valence-corrected chi connectivity index (χ2v) is 6.57. The predicted molar refractivity (Wildman–Crippen MR) is 71.5 cm³/mol. The van der Waals surface area contributed by atoms with Gasteiger partial charge in [-0.15, -0.1) is 0 Å². The van der Waals surface area contributed by atoms with Gasteiger partial charge in [0.25, 0.3) is 0 Å². The summed E-state index contributed by atoms with van der Waals surface area (Å²) in [6, 6.07) is 0. The van der Waals surface area contributed by atoms with Gasteiger partial charge in [0.1, 0.15) is 5.78 Å². The third-order valence-corrected chi connectivity index (χ3v) is 3.66. The van der Waals surface area contributed by atoms with Crippen molar-refractivity contribution in [1.29, 1.82) is 0 Å². The van der Waals surface area contributed by atoms with Crippen LogP contribution >= 0.6 is 0 Å². The van der Waals surface area contributed by atoms with Crippen LogP contribution in [0.3, 0.4) is 0 Å². The summed E-state index contributed by atoms with van der Waals surface area (Å²) in [7, 11) is 0. The Morgan fingerprint density at radius 1 is 1.12 bits per heavy atom. The van der Waals surface area contributed by atoms with Gasteiger partial charge in [-0.2, -0.15) is 0 Å². The minimum atomic E-state index is -0.259. The van der Waals surface area contributed by atoms with Crippen molar-refractivity contribution in [3.8, 4) is 0 Å². The lowest BCUT2D eigenvalue weighted by atomic mass is 9.67. The van der Waals surface area contributed by atoms with Gasteiger partial charge >= 0.3 is 0 Å². The lowest BCUT2D eigenvalue weighted by Crippen LogP contribution is -2.39. The Morgan fingerprint density at radius 2 is 1.56 bits per heavy atom. The van der Waals surface area contributed by atoms with E-state index >= 15 is 0 Å². The molecule has 0 atom stereocenters. The molecule has 0 radical (unpaired) electrons. The van der Waals surface area contributed by atoms with E-state index in [1.807, 2.05) is 0 Å². The molecule has 0 fully saturated rings. The molecule has 0 aliphatic rings. The van der Waals surface area contributed by atoms with Gasteiger partial charge in [0.2, 0.25) is 0 Å². The van der Waals surface area contributed by atoms with Crippen LogP contribution in [0.25, 0.3) is 0 Å². The van der Waals surface area contributed by atoms with E-state index in [2.05, 4.69) is 61.5 Å². The molecule has 0 aromatic heterocycles. The number of allylic oxidation sites excluding steroid dienone is 2. The van der Waals surface area contributed by atoms with Crippen LogP contribution in [-0.4, -0.2) is 5.78 Å². The number of carbonyl (C=O) groups is 1. The van der Waals surface area contributed by atoms with Gasteiger partial charge in [-0.05, 0) is 26.2 Å². The van der Waals surface area contributed by atoms with E-state index in [9.17, 15) is 4.79 Å². The molecule has 0 aromatic rings. The number of carbonyl (C=O) groups excluding carboxylic acids is 1. The van der Waals surface area contributed by atoms with Crippen molar-refractivity contribution in [3.63, 3.8) is 0 Å². The number of ketones is 1. The molecule has 16 heavy (non-hydrogen) atoms. The Balaban J connectivity index is 4.90. The van der Waals surface area contributed by atoms with Crippen LogP contribution < -0.4 is 0 Å². The first-order valence-electron chi connectivity index (χ1n) is 6.20. The third-order valence-electron chi connectivity index (χ3n) is 3.66.